The van der Waals surface area contributed by atoms with Crippen molar-refractivity contribution in [2.45, 2.75) is 19.0 Å². The van der Waals surface area contributed by atoms with Crippen molar-refractivity contribution in [3.05, 3.63) is 54.1 Å². The fraction of sp³-hybridized carbons (Fsp3) is 0.333. The molecule has 0 aromatic heterocycles. The maximum atomic E-state index is 5.55. The lowest BCUT2D eigenvalue weighted by Gasteiger charge is -2.42. The van der Waals surface area contributed by atoms with E-state index in [0.29, 0.717) is 18.9 Å². The van der Waals surface area contributed by atoms with Crippen molar-refractivity contribution in [3.63, 3.8) is 0 Å². The van der Waals surface area contributed by atoms with E-state index in [2.05, 4.69) is 54.3 Å². The van der Waals surface area contributed by atoms with Gasteiger partial charge in [-0.25, -0.2) is 0 Å². The van der Waals surface area contributed by atoms with E-state index in [1.54, 1.807) is 0 Å². The summed E-state index contributed by atoms with van der Waals surface area (Å²) in [6.07, 6.45) is 0. The Hall–Kier alpha value is -1.81. The highest BCUT2D eigenvalue weighted by molar-refractivity contribution is 7.99. The fourth-order valence-corrected chi connectivity index (χ4v) is 4.44. The quantitative estimate of drug-likeness (QED) is 0.832. The Morgan fingerprint density at radius 3 is 2.68 bits per heavy atom. The third kappa shape index (κ3) is 2.41. The zero-order chi connectivity index (χ0) is 14.9. The van der Waals surface area contributed by atoms with Crippen molar-refractivity contribution in [1.82, 2.24) is 0 Å². The molecule has 114 valence electrons. The minimum absolute atomic E-state index is 0.326. The highest BCUT2D eigenvalue weighted by atomic mass is 32.2. The molecule has 0 bridgehead atoms. The molecule has 0 aliphatic carbocycles. The van der Waals surface area contributed by atoms with Crippen LogP contribution in [0.3, 0.4) is 0 Å². The lowest BCUT2D eigenvalue weighted by Crippen LogP contribution is -2.43. The summed E-state index contributed by atoms with van der Waals surface area (Å²) in [6, 6.07) is 17.9. The lowest BCUT2D eigenvalue weighted by molar-refractivity contribution is 0.174. The average molecular weight is 313 g/mol. The van der Waals surface area contributed by atoms with Crippen molar-refractivity contribution in [3.8, 4) is 11.5 Å². The van der Waals surface area contributed by atoms with E-state index in [4.69, 9.17) is 9.47 Å². The van der Waals surface area contributed by atoms with E-state index in [0.717, 1.165) is 23.0 Å². The van der Waals surface area contributed by atoms with Crippen molar-refractivity contribution < 1.29 is 9.47 Å². The van der Waals surface area contributed by atoms with Crippen molar-refractivity contribution >= 4 is 17.4 Å². The summed E-state index contributed by atoms with van der Waals surface area (Å²) in [5, 5.41) is 0. The highest BCUT2D eigenvalue weighted by Gasteiger charge is 2.30. The largest absolute Gasteiger partial charge is 0.454 e. The number of nitrogens with zero attached hydrogens (tertiary/aromatic N) is 1. The monoisotopic (exact) mass is 313 g/mol. The first-order valence-corrected chi connectivity index (χ1v) is 8.79. The van der Waals surface area contributed by atoms with Gasteiger partial charge in [-0.15, -0.1) is 0 Å². The summed E-state index contributed by atoms with van der Waals surface area (Å²) in [5.74, 6) is 3.97. The fourth-order valence-electron chi connectivity index (χ4n) is 3.23. The molecule has 1 fully saturated rings. The van der Waals surface area contributed by atoms with Crippen molar-refractivity contribution in [2.24, 2.45) is 0 Å². The second kappa shape index (κ2) is 5.76. The Morgan fingerprint density at radius 1 is 1.00 bits per heavy atom. The summed E-state index contributed by atoms with van der Waals surface area (Å²) in [4.78, 5) is 2.52. The van der Waals surface area contributed by atoms with Crippen LogP contribution in [0.25, 0.3) is 0 Å². The summed E-state index contributed by atoms with van der Waals surface area (Å²) in [5.41, 5.74) is 2.59. The summed E-state index contributed by atoms with van der Waals surface area (Å²) in [6.45, 7) is 2.62. The van der Waals surface area contributed by atoms with Gasteiger partial charge in [0, 0.05) is 29.3 Å². The number of ether oxygens (including phenoxy) is 2. The number of hydrogen-bond acceptors (Lipinski definition) is 4. The van der Waals surface area contributed by atoms with Crippen LogP contribution in [0.5, 0.6) is 11.5 Å². The van der Waals surface area contributed by atoms with Gasteiger partial charge in [-0.1, -0.05) is 30.3 Å². The van der Waals surface area contributed by atoms with Crippen LogP contribution in [-0.2, 0) is 0 Å². The molecule has 2 heterocycles. The van der Waals surface area contributed by atoms with Crippen LogP contribution in [0, 0.1) is 0 Å². The molecule has 2 aliphatic heterocycles. The highest BCUT2D eigenvalue weighted by Crippen LogP contribution is 2.41. The molecule has 0 radical (unpaired) electrons. The average Bonchev–Trinajstić information content (AvgIpc) is 3.03. The van der Waals surface area contributed by atoms with Crippen LogP contribution in [-0.4, -0.2) is 24.3 Å². The molecule has 4 rings (SSSR count). The first kappa shape index (κ1) is 13.8. The first-order valence-electron chi connectivity index (χ1n) is 7.63. The second-order valence-electron chi connectivity index (χ2n) is 5.76. The maximum absolute atomic E-state index is 5.55. The third-order valence-electron chi connectivity index (χ3n) is 4.28. The molecular formula is C18H19NO2S. The lowest BCUT2D eigenvalue weighted by atomic mass is 10.0. The molecule has 0 N–H and O–H groups in total. The van der Waals surface area contributed by atoms with Crippen LogP contribution in [0.1, 0.15) is 18.5 Å². The molecule has 2 aromatic rings. The van der Waals surface area contributed by atoms with E-state index in [1.165, 1.54) is 11.3 Å². The van der Waals surface area contributed by atoms with Crippen LogP contribution < -0.4 is 14.4 Å². The predicted molar refractivity (Wildman–Crippen MR) is 91.0 cm³/mol. The topological polar surface area (TPSA) is 21.7 Å². The number of rotatable bonds is 2. The molecular weight excluding hydrogens is 294 g/mol. The van der Waals surface area contributed by atoms with Gasteiger partial charge >= 0.3 is 0 Å². The second-order valence-corrected chi connectivity index (χ2v) is 6.83. The van der Waals surface area contributed by atoms with E-state index < -0.39 is 0 Å². The summed E-state index contributed by atoms with van der Waals surface area (Å²) in [7, 11) is 0. The van der Waals surface area contributed by atoms with Crippen LogP contribution in [0.15, 0.2) is 48.5 Å². The molecule has 0 saturated carbocycles. The number of fused-ring (bicyclic) bond motifs is 1. The van der Waals surface area contributed by atoms with Crippen molar-refractivity contribution in [1.29, 1.82) is 0 Å². The minimum atomic E-state index is 0.326. The summed E-state index contributed by atoms with van der Waals surface area (Å²) >= 11 is 2.03. The van der Waals surface area contributed by atoms with Crippen molar-refractivity contribution in [2.75, 3.05) is 23.2 Å². The number of hydrogen-bond donors (Lipinski definition) is 0. The molecule has 3 nitrogen and oxygen atoms in total. The predicted octanol–water partition coefficient (Wildman–Crippen LogP) is 4.10. The van der Waals surface area contributed by atoms with Crippen LogP contribution in [0.4, 0.5) is 5.69 Å². The number of thioether (sulfide) groups is 1. The van der Waals surface area contributed by atoms with Gasteiger partial charge in [0.05, 0.1) is 6.04 Å². The Morgan fingerprint density at radius 2 is 1.82 bits per heavy atom. The zero-order valence-corrected chi connectivity index (χ0v) is 13.4. The molecule has 0 spiro atoms. The minimum Gasteiger partial charge on any atom is -0.454 e. The molecule has 2 atom stereocenters. The Balaban J connectivity index is 1.72. The van der Waals surface area contributed by atoms with E-state index >= 15 is 0 Å². The molecule has 22 heavy (non-hydrogen) atoms. The normalized spacial score (nSPS) is 23.6. The van der Waals surface area contributed by atoms with E-state index in [9.17, 15) is 0 Å². The maximum Gasteiger partial charge on any atom is 0.231 e. The van der Waals surface area contributed by atoms with E-state index in [-0.39, 0.29) is 0 Å². The molecule has 4 heteroatoms. The Labute approximate surface area is 135 Å². The van der Waals surface area contributed by atoms with Crippen LogP contribution in [0.2, 0.25) is 0 Å². The smallest absolute Gasteiger partial charge is 0.231 e. The zero-order valence-electron chi connectivity index (χ0n) is 12.6. The van der Waals surface area contributed by atoms with Gasteiger partial charge in [0.25, 0.3) is 0 Å². The molecule has 1 saturated heterocycles. The van der Waals surface area contributed by atoms with Gasteiger partial charge in [0.1, 0.15) is 0 Å². The number of benzene rings is 2. The van der Waals surface area contributed by atoms with Gasteiger partial charge in [-0.3, -0.25) is 0 Å². The van der Waals surface area contributed by atoms with Gasteiger partial charge in [-0.05, 0) is 24.6 Å². The Kier molecular flexibility index (Phi) is 3.62. The molecule has 2 aliphatic rings. The van der Waals surface area contributed by atoms with Gasteiger partial charge in [-0.2, -0.15) is 11.8 Å². The first-order chi connectivity index (χ1) is 10.8. The molecule has 2 unspecified atom stereocenters. The van der Waals surface area contributed by atoms with Gasteiger partial charge in [0.2, 0.25) is 6.79 Å². The molecule has 0 amide bonds. The molecule has 2 aromatic carbocycles. The number of anilines is 1. The summed E-state index contributed by atoms with van der Waals surface area (Å²) < 4.78 is 11.0. The SMILES string of the molecule is CC1CSCC(c2ccccc2)N1c1ccc2c(c1)OCO2. The van der Waals surface area contributed by atoms with Gasteiger partial charge < -0.3 is 14.4 Å². The van der Waals surface area contributed by atoms with E-state index in [1.807, 2.05) is 17.8 Å². The van der Waals surface area contributed by atoms with Gasteiger partial charge in [0.15, 0.2) is 11.5 Å². The standard InChI is InChI=1S/C18H19NO2S/c1-13-10-22-11-16(14-5-3-2-4-6-14)19(13)15-7-8-17-18(9-15)21-12-20-17/h2-9,13,16H,10-12H2,1H3. The van der Waals surface area contributed by atoms with Crippen LogP contribution >= 0.6 is 11.8 Å². The third-order valence-corrected chi connectivity index (χ3v) is 5.55. The Bertz CT molecular complexity index is 661.